The maximum atomic E-state index is 3.53. The summed E-state index contributed by atoms with van der Waals surface area (Å²) in [5.41, 5.74) is 9.76. The van der Waals surface area contributed by atoms with E-state index in [1.165, 1.54) is 44.2 Å². The first-order valence-corrected chi connectivity index (χ1v) is 12.5. The van der Waals surface area contributed by atoms with Crippen molar-refractivity contribution in [1.82, 2.24) is 4.57 Å². The highest BCUT2D eigenvalue weighted by molar-refractivity contribution is 6.10. The molecule has 0 unspecified atom stereocenters. The van der Waals surface area contributed by atoms with Crippen molar-refractivity contribution in [1.29, 1.82) is 0 Å². The van der Waals surface area contributed by atoms with E-state index in [1.807, 2.05) is 0 Å². The van der Waals surface area contributed by atoms with E-state index in [9.17, 15) is 0 Å². The predicted octanol–water partition coefficient (Wildman–Crippen LogP) is 9.49. The van der Waals surface area contributed by atoms with Gasteiger partial charge in [-0.25, -0.2) is 0 Å². The Balaban J connectivity index is 1.33. The third-order valence-corrected chi connectivity index (χ3v) is 6.94. The van der Waals surface area contributed by atoms with Gasteiger partial charge in [-0.1, -0.05) is 87.5 Å². The van der Waals surface area contributed by atoms with Crippen LogP contribution >= 0.6 is 0 Å². The molecule has 0 aliphatic heterocycles. The average Bonchev–Trinajstić information content (AvgIpc) is 3.23. The van der Waals surface area contributed by atoms with Crippen LogP contribution in [0, 0.1) is 0 Å². The van der Waals surface area contributed by atoms with Crippen LogP contribution in [0.25, 0.3) is 38.6 Å². The van der Waals surface area contributed by atoms with E-state index >= 15 is 0 Å². The molecule has 1 heterocycles. The molecule has 0 spiro atoms. The minimum absolute atomic E-state index is 0.161. The van der Waals surface area contributed by atoms with Crippen molar-refractivity contribution in [2.24, 2.45) is 0 Å². The van der Waals surface area contributed by atoms with Crippen molar-refractivity contribution >= 4 is 33.2 Å². The molecule has 0 saturated heterocycles. The van der Waals surface area contributed by atoms with E-state index in [1.54, 1.807) is 0 Å². The highest BCUT2D eigenvalue weighted by Crippen LogP contribution is 2.35. The molecule has 0 atom stereocenters. The fourth-order valence-electron chi connectivity index (χ4n) is 4.97. The van der Waals surface area contributed by atoms with Crippen molar-refractivity contribution in [2.75, 3.05) is 5.32 Å². The SMILES string of the molecule is CC(C)(C)c1ccc(Nc2ccc(-c3ccc4c(c3)c3ccccc3n4-c3ccccc3)cc2)cc1. The van der Waals surface area contributed by atoms with Gasteiger partial charge in [0.25, 0.3) is 0 Å². The number of anilines is 2. The number of benzene rings is 5. The van der Waals surface area contributed by atoms with Crippen LogP contribution in [0.1, 0.15) is 26.3 Å². The van der Waals surface area contributed by atoms with Gasteiger partial charge < -0.3 is 9.88 Å². The summed E-state index contributed by atoms with van der Waals surface area (Å²) < 4.78 is 2.35. The van der Waals surface area contributed by atoms with Crippen molar-refractivity contribution in [3.8, 4) is 16.8 Å². The number of fused-ring (bicyclic) bond motifs is 3. The third-order valence-electron chi connectivity index (χ3n) is 6.94. The van der Waals surface area contributed by atoms with Gasteiger partial charge in [-0.05, 0) is 76.7 Å². The monoisotopic (exact) mass is 466 g/mol. The van der Waals surface area contributed by atoms with Gasteiger partial charge in [0.05, 0.1) is 11.0 Å². The Morgan fingerprint density at radius 3 is 1.81 bits per heavy atom. The molecule has 1 N–H and O–H groups in total. The maximum Gasteiger partial charge on any atom is 0.0541 e. The van der Waals surface area contributed by atoms with Gasteiger partial charge in [0.15, 0.2) is 0 Å². The molecule has 0 radical (unpaired) electrons. The topological polar surface area (TPSA) is 17.0 Å². The summed E-state index contributed by atoms with van der Waals surface area (Å²) in [5, 5.41) is 6.08. The Morgan fingerprint density at radius 2 is 1.11 bits per heavy atom. The number of hydrogen-bond donors (Lipinski definition) is 1. The summed E-state index contributed by atoms with van der Waals surface area (Å²) in [7, 11) is 0. The largest absolute Gasteiger partial charge is 0.356 e. The molecular weight excluding hydrogens is 436 g/mol. The Bertz CT molecular complexity index is 1650. The molecule has 0 saturated carbocycles. The Morgan fingerprint density at radius 1 is 0.528 bits per heavy atom. The highest BCUT2D eigenvalue weighted by atomic mass is 15.0. The van der Waals surface area contributed by atoms with Gasteiger partial charge in [-0.2, -0.15) is 0 Å². The second-order valence-corrected chi connectivity index (χ2v) is 10.4. The lowest BCUT2D eigenvalue weighted by atomic mass is 9.87. The minimum atomic E-state index is 0.161. The number of nitrogens with one attached hydrogen (secondary N) is 1. The Kier molecular flexibility index (Phi) is 5.38. The summed E-state index contributed by atoms with van der Waals surface area (Å²) in [5.74, 6) is 0. The number of nitrogens with zero attached hydrogens (tertiary/aromatic N) is 1. The first-order valence-electron chi connectivity index (χ1n) is 12.5. The van der Waals surface area contributed by atoms with Gasteiger partial charge in [0.2, 0.25) is 0 Å². The van der Waals surface area contributed by atoms with Crippen LogP contribution in [0.4, 0.5) is 11.4 Å². The lowest BCUT2D eigenvalue weighted by molar-refractivity contribution is 0.590. The maximum absolute atomic E-state index is 3.53. The quantitative estimate of drug-likeness (QED) is 0.274. The molecule has 6 rings (SSSR count). The molecule has 36 heavy (non-hydrogen) atoms. The lowest BCUT2D eigenvalue weighted by Gasteiger charge is -2.19. The van der Waals surface area contributed by atoms with Crippen molar-refractivity contribution in [3.05, 3.63) is 127 Å². The fourth-order valence-corrected chi connectivity index (χ4v) is 4.97. The molecule has 0 bridgehead atoms. The zero-order chi connectivity index (χ0) is 24.7. The molecule has 0 amide bonds. The standard InChI is InChI=1S/C34H30N2/c1-34(2,3)26-16-20-28(21-17-26)35-27-18-13-24(14-19-27)25-15-22-33-31(23-25)30-11-7-8-12-32(30)36(33)29-9-5-4-6-10-29/h4-23,35H,1-3H3. The smallest absolute Gasteiger partial charge is 0.0541 e. The normalized spacial score (nSPS) is 11.8. The van der Waals surface area contributed by atoms with Crippen molar-refractivity contribution < 1.29 is 0 Å². The first kappa shape index (κ1) is 22.2. The number of rotatable bonds is 4. The van der Waals surface area contributed by atoms with E-state index in [0.717, 1.165) is 11.4 Å². The van der Waals surface area contributed by atoms with Crippen LogP contribution in [0.5, 0.6) is 0 Å². The lowest BCUT2D eigenvalue weighted by Crippen LogP contribution is -2.10. The van der Waals surface area contributed by atoms with Gasteiger partial charge >= 0.3 is 0 Å². The number of para-hydroxylation sites is 2. The molecule has 0 aliphatic rings. The fraction of sp³-hybridized carbons (Fsp3) is 0.118. The van der Waals surface area contributed by atoms with Crippen LogP contribution < -0.4 is 5.32 Å². The van der Waals surface area contributed by atoms with E-state index in [2.05, 4.69) is 152 Å². The average molecular weight is 467 g/mol. The second-order valence-electron chi connectivity index (χ2n) is 10.4. The van der Waals surface area contributed by atoms with Gasteiger partial charge in [0.1, 0.15) is 0 Å². The molecule has 0 aliphatic carbocycles. The molecule has 1 aromatic heterocycles. The minimum Gasteiger partial charge on any atom is -0.356 e. The number of hydrogen-bond acceptors (Lipinski definition) is 1. The van der Waals surface area contributed by atoms with Crippen molar-refractivity contribution in [3.63, 3.8) is 0 Å². The third kappa shape index (κ3) is 4.05. The summed E-state index contributed by atoms with van der Waals surface area (Å²) in [6, 6.07) is 43.5. The van der Waals surface area contributed by atoms with E-state index in [4.69, 9.17) is 0 Å². The van der Waals surface area contributed by atoms with E-state index in [0.29, 0.717) is 0 Å². The number of aromatic nitrogens is 1. The Labute approximate surface area is 212 Å². The van der Waals surface area contributed by atoms with E-state index < -0.39 is 0 Å². The summed E-state index contributed by atoms with van der Waals surface area (Å²) in [4.78, 5) is 0. The van der Waals surface area contributed by atoms with Gasteiger partial charge in [-0.3, -0.25) is 0 Å². The van der Waals surface area contributed by atoms with Crippen LogP contribution in [0.2, 0.25) is 0 Å². The van der Waals surface area contributed by atoms with Crippen LogP contribution in [-0.2, 0) is 5.41 Å². The van der Waals surface area contributed by atoms with Crippen LogP contribution in [0.15, 0.2) is 121 Å². The molecule has 2 nitrogen and oxygen atoms in total. The van der Waals surface area contributed by atoms with Crippen LogP contribution in [0.3, 0.4) is 0 Å². The Hall–Kier alpha value is -4.30. The molecule has 6 aromatic rings. The molecule has 2 heteroatoms. The predicted molar refractivity (Wildman–Crippen MR) is 155 cm³/mol. The zero-order valence-corrected chi connectivity index (χ0v) is 21.0. The summed E-state index contributed by atoms with van der Waals surface area (Å²) in [6.45, 7) is 6.72. The van der Waals surface area contributed by atoms with Gasteiger partial charge in [0, 0.05) is 27.8 Å². The zero-order valence-electron chi connectivity index (χ0n) is 21.0. The second kappa shape index (κ2) is 8.73. The van der Waals surface area contributed by atoms with Crippen LogP contribution in [-0.4, -0.2) is 4.57 Å². The summed E-state index contributed by atoms with van der Waals surface area (Å²) in [6.07, 6.45) is 0. The van der Waals surface area contributed by atoms with E-state index in [-0.39, 0.29) is 5.41 Å². The van der Waals surface area contributed by atoms with Crippen molar-refractivity contribution in [2.45, 2.75) is 26.2 Å². The molecule has 0 fully saturated rings. The molecule has 176 valence electrons. The highest BCUT2D eigenvalue weighted by Gasteiger charge is 2.14. The van der Waals surface area contributed by atoms with Gasteiger partial charge in [-0.15, -0.1) is 0 Å². The molecule has 5 aromatic carbocycles. The molecular formula is C34H30N2. The first-order chi connectivity index (χ1) is 17.5. The summed E-state index contributed by atoms with van der Waals surface area (Å²) >= 11 is 0.